The van der Waals surface area contributed by atoms with E-state index in [2.05, 4.69) is 53.6 Å². The maximum Gasteiger partial charge on any atom is 0.193 e. The molecule has 0 aliphatic carbocycles. The normalized spacial score (nSPS) is 11.9. The van der Waals surface area contributed by atoms with Crippen LogP contribution in [0.5, 0.6) is 0 Å². The summed E-state index contributed by atoms with van der Waals surface area (Å²) < 4.78 is 5.55. The minimum absolute atomic E-state index is 0.586. The van der Waals surface area contributed by atoms with Crippen LogP contribution in [0.1, 0.15) is 18.7 Å². The van der Waals surface area contributed by atoms with E-state index >= 15 is 0 Å². The SMILES string of the molecule is CN=C(NCCOCC(C)C)N(C)CCc1cccs1. The molecule has 1 N–H and O–H groups in total. The average molecular weight is 297 g/mol. The summed E-state index contributed by atoms with van der Waals surface area (Å²) in [5.74, 6) is 1.51. The Morgan fingerprint density at radius 1 is 1.50 bits per heavy atom. The lowest BCUT2D eigenvalue weighted by molar-refractivity contribution is 0.114. The van der Waals surface area contributed by atoms with Gasteiger partial charge in [-0.2, -0.15) is 0 Å². The van der Waals surface area contributed by atoms with Crippen molar-refractivity contribution in [2.24, 2.45) is 10.9 Å². The number of hydrogen-bond acceptors (Lipinski definition) is 3. The summed E-state index contributed by atoms with van der Waals surface area (Å²) in [6.07, 6.45) is 1.05. The van der Waals surface area contributed by atoms with E-state index in [1.54, 1.807) is 11.3 Å². The maximum atomic E-state index is 5.55. The zero-order valence-corrected chi connectivity index (χ0v) is 13.9. The number of rotatable bonds is 8. The van der Waals surface area contributed by atoms with E-state index in [-0.39, 0.29) is 0 Å². The quantitative estimate of drug-likeness (QED) is 0.455. The number of nitrogens with one attached hydrogen (secondary N) is 1. The van der Waals surface area contributed by atoms with Gasteiger partial charge in [0, 0.05) is 38.7 Å². The van der Waals surface area contributed by atoms with Gasteiger partial charge in [0.15, 0.2) is 5.96 Å². The Morgan fingerprint density at radius 3 is 2.90 bits per heavy atom. The van der Waals surface area contributed by atoms with Crippen molar-refractivity contribution in [1.82, 2.24) is 10.2 Å². The standard InChI is InChI=1S/C15H27N3OS/c1-13(2)12-19-10-8-17-15(16-3)18(4)9-7-14-6-5-11-20-14/h5-6,11,13H,7-10,12H2,1-4H3,(H,16,17). The smallest absolute Gasteiger partial charge is 0.193 e. The van der Waals surface area contributed by atoms with E-state index in [0.717, 1.165) is 38.7 Å². The third-order valence-corrected chi connectivity index (χ3v) is 3.76. The summed E-state index contributed by atoms with van der Waals surface area (Å²) in [4.78, 5) is 7.86. The highest BCUT2D eigenvalue weighted by Gasteiger charge is 2.05. The van der Waals surface area contributed by atoms with Gasteiger partial charge in [0.05, 0.1) is 6.61 Å². The van der Waals surface area contributed by atoms with E-state index in [1.807, 2.05) is 7.05 Å². The Balaban J connectivity index is 2.20. The van der Waals surface area contributed by atoms with E-state index in [1.165, 1.54) is 4.88 Å². The molecule has 0 amide bonds. The molecule has 4 nitrogen and oxygen atoms in total. The third-order valence-electron chi connectivity index (χ3n) is 2.83. The van der Waals surface area contributed by atoms with Crippen molar-refractivity contribution < 1.29 is 4.74 Å². The first kappa shape index (κ1) is 17.0. The lowest BCUT2D eigenvalue weighted by atomic mass is 10.2. The maximum absolute atomic E-state index is 5.55. The molecule has 0 spiro atoms. The van der Waals surface area contributed by atoms with Gasteiger partial charge in [0.2, 0.25) is 0 Å². The Morgan fingerprint density at radius 2 is 2.30 bits per heavy atom. The summed E-state index contributed by atoms with van der Waals surface area (Å²) in [6, 6.07) is 4.27. The molecule has 5 heteroatoms. The van der Waals surface area contributed by atoms with Gasteiger partial charge in [-0.3, -0.25) is 4.99 Å². The number of nitrogens with zero attached hydrogens (tertiary/aromatic N) is 2. The van der Waals surface area contributed by atoms with Crippen molar-refractivity contribution in [3.8, 4) is 0 Å². The molecular formula is C15H27N3OS. The van der Waals surface area contributed by atoms with Crippen LogP contribution >= 0.6 is 11.3 Å². The van der Waals surface area contributed by atoms with Gasteiger partial charge in [0.1, 0.15) is 0 Å². The molecule has 20 heavy (non-hydrogen) atoms. The van der Waals surface area contributed by atoms with Crippen LogP contribution in [0.3, 0.4) is 0 Å². The predicted molar refractivity (Wildman–Crippen MR) is 87.7 cm³/mol. The Hall–Kier alpha value is -1.07. The van der Waals surface area contributed by atoms with Crippen LogP contribution in [-0.4, -0.2) is 51.3 Å². The van der Waals surface area contributed by atoms with Gasteiger partial charge in [-0.1, -0.05) is 19.9 Å². The van der Waals surface area contributed by atoms with Crippen LogP contribution in [0.4, 0.5) is 0 Å². The minimum Gasteiger partial charge on any atom is -0.379 e. The second kappa shape index (κ2) is 9.77. The van der Waals surface area contributed by atoms with Gasteiger partial charge >= 0.3 is 0 Å². The first-order chi connectivity index (χ1) is 9.63. The predicted octanol–water partition coefficient (Wildman–Crippen LogP) is 2.47. The van der Waals surface area contributed by atoms with Crippen molar-refractivity contribution in [3.05, 3.63) is 22.4 Å². The number of ether oxygens (including phenoxy) is 1. The molecule has 0 aliphatic rings. The largest absolute Gasteiger partial charge is 0.379 e. The van der Waals surface area contributed by atoms with Crippen molar-refractivity contribution in [2.75, 3.05) is 40.4 Å². The summed E-state index contributed by atoms with van der Waals surface area (Å²) >= 11 is 1.80. The second-order valence-corrected chi connectivity index (χ2v) is 6.23. The number of hydrogen-bond donors (Lipinski definition) is 1. The molecule has 1 heterocycles. The molecule has 0 aliphatic heterocycles. The number of thiophene rings is 1. The topological polar surface area (TPSA) is 36.9 Å². The zero-order valence-electron chi connectivity index (χ0n) is 13.1. The fourth-order valence-electron chi connectivity index (χ4n) is 1.78. The van der Waals surface area contributed by atoms with E-state index in [0.29, 0.717) is 5.92 Å². The van der Waals surface area contributed by atoms with E-state index in [9.17, 15) is 0 Å². The van der Waals surface area contributed by atoms with E-state index < -0.39 is 0 Å². The molecule has 0 aromatic carbocycles. The highest BCUT2D eigenvalue weighted by Crippen LogP contribution is 2.09. The highest BCUT2D eigenvalue weighted by molar-refractivity contribution is 7.09. The summed E-state index contributed by atoms with van der Waals surface area (Å²) in [6.45, 7) is 7.61. The zero-order chi connectivity index (χ0) is 14.8. The fourth-order valence-corrected chi connectivity index (χ4v) is 2.48. The van der Waals surface area contributed by atoms with Crippen molar-refractivity contribution in [1.29, 1.82) is 0 Å². The van der Waals surface area contributed by atoms with Crippen LogP contribution in [0.25, 0.3) is 0 Å². The fraction of sp³-hybridized carbons (Fsp3) is 0.667. The lowest BCUT2D eigenvalue weighted by Gasteiger charge is -2.21. The molecule has 0 bridgehead atoms. The molecule has 0 saturated heterocycles. The molecular weight excluding hydrogens is 270 g/mol. The van der Waals surface area contributed by atoms with Crippen molar-refractivity contribution in [2.45, 2.75) is 20.3 Å². The summed E-state index contributed by atoms with van der Waals surface area (Å²) in [5.41, 5.74) is 0. The number of guanidine groups is 1. The lowest BCUT2D eigenvalue weighted by Crippen LogP contribution is -2.41. The van der Waals surface area contributed by atoms with Gasteiger partial charge in [-0.15, -0.1) is 11.3 Å². The van der Waals surface area contributed by atoms with Gasteiger partial charge in [0.25, 0.3) is 0 Å². The molecule has 114 valence electrons. The first-order valence-electron chi connectivity index (χ1n) is 7.15. The monoisotopic (exact) mass is 297 g/mol. The van der Waals surface area contributed by atoms with Gasteiger partial charge in [-0.05, 0) is 23.8 Å². The van der Waals surface area contributed by atoms with Gasteiger partial charge in [-0.25, -0.2) is 0 Å². The molecule has 0 saturated carbocycles. The van der Waals surface area contributed by atoms with E-state index in [4.69, 9.17) is 4.74 Å². The number of likely N-dealkylation sites (N-methyl/N-ethyl adjacent to an activating group) is 1. The molecule has 0 radical (unpaired) electrons. The Bertz CT molecular complexity index is 376. The molecule has 0 fully saturated rings. The summed E-state index contributed by atoms with van der Waals surface area (Å²) in [5, 5.41) is 5.45. The van der Waals surface area contributed by atoms with Crippen LogP contribution in [0, 0.1) is 5.92 Å². The highest BCUT2D eigenvalue weighted by atomic mass is 32.1. The van der Waals surface area contributed by atoms with Crippen molar-refractivity contribution >= 4 is 17.3 Å². The van der Waals surface area contributed by atoms with Crippen LogP contribution in [-0.2, 0) is 11.2 Å². The summed E-state index contributed by atoms with van der Waals surface area (Å²) in [7, 11) is 3.89. The van der Waals surface area contributed by atoms with Gasteiger partial charge < -0.3 is 15.0 Å². The molecule has 1 rings (SSSR count). The molecule has 0 atom stereocenters. The third kappa shape index (κ3) is 6.91. The molecule has 1 aromatic rings. The van der Waals surface area contributed by atoms with Crippen molar-refractivity contribution in [3.63, 3.8) is 0 Å². The molecule has 1 aromatic heterocycles. The molecule has 0 unspecified atom stereocenters. The van der Waals surface area contributed by atoms with Crippen LogP contribution < -0.4 is 5.32 Å². The number of aliphatic imine (C=N–C) groups is 1. The minimum atomic E-state index is 0.586. The average Bonchev–Trinajstić information content (AvgIpc) is 2.93. The Labute approximate surface area is 126 Å². The van der Waals surface area contributed by atoms with Crippen LogP contribution in [0.2, 0.25) is 0 Å². The Kier molecular flexibility index (Phi) is 8.30. The second-order valence-electron chi connectivity index (χ2n) is 5.19. The first-order valence-corrected chi connectivity index (χ1v) is 8.03. The van der Waals surface area contributed by atoms with Crippen LogP contribution in [0.15, 0.2) is 22.5 Å².